The maximum absolute atomic E-state index is 12.1. The van der Waals surface area contributed by atoms with Crippen LogP contribution < -0.4 is 10.6 Å². The van der Waals surface area contributed by atoms with E-state index >= 15 is 0 Å². The van der Waals surface area contributed by atoms with Gasteiger partial charge in [0.2, 0.25) is 5.95 Å². The molecule has 0 radical (unpaired) electrons. The van der Waals surface area contributed by atoms with Gasteiger partial charge >= 0.3 is 5.97 Å². The minimum Gasteiger partial charge on any atom is -0.462 e. The summed E-state index contributed by atoms with van der Waals surface area (Å²) >= 11 is 1.21. The van der Waals surface area contributed by atoms with E-state index in [9.17, 15) is 4.79 Å². The molecule has 4 aromatic rings. The highest BCUT2D eigenvalue weighted by atomic mass is 32.1. The number of anilines is 3. The third-order valence-corrected chi connectivity index (χ3v) is 5.58. The van der Waals surface area contributed by atoms with Crippen LogP contribution >= 0.6 is 11.3 Å². The van der Waals surface area contributed by atoms with Crippen LogP contribution in [0.2, 0.25) is 0 Å². The normalized spacial score (nSPS) is 10.8. The first-order chi connectivity index (χ1) is 15.0. The maximum atomic E-state index is 12.1. The summed E-state index contributed by atoms with van der Waals surface area (Å²) in [5.74, 6) is 0.633. The fourth-order valence-corrected chi connectivity index (χ4v) is 3.83. The van der Waals surface area contributed by atoms with Crippen LogP contribution in [-0.4, -0.2) is 32.5 Å². The number of nitrogens with one attached hydrogen (secondary N) is 2. The molecule has 0 fully saturated rings. The van der Waals surface area contributed by atoms with Crippen molar-refractivity contribution in [3.63, 3.8) is 0 Å². The summed E-state index contributed by atoms with van der Waals surface area (Å²) in [5, 5.41) is 7.81. The smallest absolute Gasteiger partial charge is 0.350 e. The number of pyridine rings is 1. The first-order valence-corrected chi connectivity index (χ1v) is 10.7. The molecular weight excluding hydrogens is 412 g/mol. The van der Waals surface area contributed by atoms with Gasteiger partial charge in [-0.3, -0.25) is 5.32 Å². The number of aromatic nitrogens is 4. The summed E-state index contributed by atoms with van der Waals surface area (Å²) in [5.41, 5.74) is 3.52. The van der Waals surface area contributed by atoms with Gasteiger partial charge in [0.25, 0.3) is 0 Å². The second-order valence-electron chi connectivity index (χ2n) is 6.89. The molecule has 0 atom stereocenters. The molecule has 158 valence electrons. The van der Waals surface area contributed by atoms with Crippen molar-refractivity contribution in [1.29, 1.82) is 0 Å². The number of aryl methyl sites for hydroxylation is 2. The summed E-state index contributed by atoms with van der Waals surface area (Å²) in [7, 11) is 0. The average molecular weight is 435 g/mol. The number of esters is 1. The average Bonchev–Trinajstić information content (AvgIpc) is 3.13. The van der Waals surface area contributed by atoms with Gasteiger partial charge in [-0.2, -0.15) is 9.97 Å². The number of hydrogen-bond acceptors (Lipinski definition) is 9. The Morgan fingerprint density at radius 3 is 2.68 bits per heavy atom. The number of rotatable bonds is 7. The van der Waals surface area contributed by atoms with Crippen LogP contribution in [0.3, 0.4) is 0 Å². The SMILES string of the molecule is CCOC(=O)c1sc(Nc2nc(NCc3ccc(C)cc3)c3cccnc3n2)nc1C. The van der Waals surface area contributed by atoms with Crippen molar-refractivity contribution < 1.29 is 9.53 Å². The quantitative estimate of drug-likeness (QED) is 0.406. The lowest BCUT2D eigenvalue weighted by molar-refractivity contribution is 0.0531. The van der Waals surface area contributed by atoms with Crippen molar-refractivity contribution in [3.05, 3.63) is 64.3 Å². The van der Waals surface area contributed by atoms with Gasteiger partial charge in [-0.1, -0.05) is 41.2 Å². The molecule has 0 saturated carbocycles. The molecule has 0 saturated heterocycles. The lowest BCUT2D eigenvalue weighted by Gasteiger charge is -2.11. The van der Waals surface area contributed by atoms with E-state index in [4.69, 9.17) is 4.74 Å². The lowest BCUT2D eigenvalue weighted by atomic mass is 10.1. The molecule has 1 aromatic carbocycles. The molecule has 0 bridgehead atoms. The monoisotopic (exact) mass is 434 g/mol. The molecule has 0 spiro atoms. The van der Waals surface area contributed by atoms with Gasteiger partial charge in [-0.25, -0.2) is 14.8 Å². The number of thiazole rings is 1. The van der Waals surface area contributed by atoms with E-state index in [0.717, 1.165) is 10.9 Å². The Kier molecular flexibility index (Phi) is 6.03. The van der Waals surface area contributed by atoms with Crippen LogP contribution in [0.15, 0.2) is 42.6 Å². The van der Waals surface area contributed by atoms with E-state index in [2.05, 4.69) is 61.8 Å². The van der Waals surface area contributed by atoms with E-state index in [1.807, 2.05) is 12.1 Å². The lowest BCUT2D eigenvalue weighted by Crippen LogP contribution is -2.06. The largest absolute Gasteiger partial charge is 0.462 e. The number of carbonyl (C=O) groups excluding carboxylic acids is 1. The molecule has 4 rings (SSSR count). The Morgan fingerprint density at radius 2 is 1.90 bits per heavy atom. The summed E-state index contributed by atoms with van der Waals surface area (Å²) in [6.07, 6.45) is 1.69. The molecule has 0 aliphatic carbocycles. The highest BCUT2D eigenvalue weighted by Gasteiger charge is 2.17. The fourth-order valence-electron chi connectivity index (χ4n) is 2.98. The van der Waals surface area contributed by atoms with Gasteiger partial charge in [0.15, 0.2) is 10.8 Å². The molecule has 0 aliphatic heterocycles. The van der Waals surface area contributed by atoms with Crippen molar-refractivity contribution in [2.75, 3.05) is 17.2 Å². The van der Waals surface area contributed by atoms with Gasteiger partial charge < -0.3 is 10.1 Å². The van der Waals surface area contributed by atoms with Crippen molar-refractivity contribution in [2.45, 2.75) is 27.3 Å². The molecule has 0 aliphatic rings. The van der Waals surface area contributed by atoms with Crippen molar-refractivity contribution in [1.82, 2.24) is 19.9 Å². The second-order valence-corrected chi connectivity index (χ2v) is 7.89. The molecule has 0 unspecified atom stereocenters. The molecule has 3 heterocycles. The van der Waals surface area contributed by atoms with Crippen molar-refractivity contribution >= 4 is 45.2 Å². The van der Waals surface area contributed by atoms with Crippen LogP contribution in [0.4, 0.5) is 16.9 Å². The summed E-state index contributed by atoms with van der Waals surface area (Å²) in [4.78, 5) is 30.4. The molecule has 31 heavy (non-hydrogen) atoms. The Morgan fingerprint density at radius 1 is 1.10 bits per heavy atom. The molecule has 8 nitrogen and oxygen atoms in total. The number of fused-ring (bicyclic) bond motifs is 1. The van der Waals surface area contributed by atoms with E-state index < -0.39 is 0 Å². The van der Waals surface area contributed by atoms with Gasteiger partial charge in [0.1, 0.15) is 10.7 Å². The van der Waals surface area contributed by atoms with Gasteiger partial charge in [0.05, 0.1) is 17.7 Å². The number of nitrogens with zero attached hydrogens (tertiary/aromatic N) is 4. The number of benzene rings is 1. The van der Waals surface area contributed by atoms with Crippen LogP contribution in [0.1, 0.15) is 33.4 Å². The number of ether oxygens (including phenoxy) is 1. The predicted octanol–water partition coefficient (Wildman–Crippen LogP) is 4.63. The number of carbonyl (C=O) groups is 1. The van der Waals surface area contributed by atoms with E-state index in [1.54, 1.807) is 20.0 Å². The highest BCUT2D eigenvalue weighted by Crippen LogP contribution is 2.27. The Balaban J connectivity index is 1.61. The molecular formula is C22H22N6O2S. The Hall–Kier alpha value is -3.59. The van der Waals surface area contributed by atoms with Gasteiger partial charge in [0, 0.05) is 12.7 Å². The summed E-state index contributed by atoms with van der Waals surface area (Å²) in [6.45, 7) is 6.53. The van der Waals surface area contributed by atoms with Crippen molar-refractivity contribution in [2.24, 2.45) is 0 Å². The topological polar surface area (TPSA) is 102 Å². The predicted molar refractivity (Wildman–Crippen MR) is 122 cm³/mol. The minimum atomic E-state index is -0.382. The van der Waals surface area contributed by atoms with E-state index in [1.165, 1.54) is 16.9 Å². The third-order valence-electron chi connectivity index (χ3n) is 4.53. The molecule has 9 heteroatoms. The molecule has 0 amide bonds. The van der Waals surface area contributed by atoms with E-state index in [-0.39, 0.29) is 5.97 Å². The highest BCUT2D eigenvalue weighted by molar-refractivity contribution is 7.17. The summed E-state index contributed by atoms with van der Waals surface area (Å²) < 4.78 is 5.08. The minimum absolute atomic E-state index is 0.314. The van der Waals surface area contributed by atoms with Gasteiger partial charge in [-0.15, -0.1) is 0 Å². The van der Waals surface area contributed by atoms with Crippen molar-refractivity contribution in [3.8, 4) is 0 Å². The zero-order chi connectivity index (χ0) is 21.8. The Bertz CT molecular complexity index is 1220. The molecule has 3 aromatic heterocycles. The fraction of sp³-hybridized carbons (Fsp3) is 0.227. The van der Waals surface area contributed by atoms with Crippen LogP contribution in [0.25, 0.3) is 11.0 Å². The second kappa shape index (κ2) is 9.05. The standard InChI is InChI=1S/C22H22N6O2S/c1-4-30-20(29)17-14(3)25-22(31-17)28-21-26-18-16(6-5-11-23-18)19(27-21)24-12-15-9-7-13(2)8-10-15/h5-11H,4,12H2,1-3H3,(H2,23,24,25,26,27,28). The zero-order valence-electron chi connectivity index (χ0n) is 17.5. The molecule has 2 N–H and O–H groups in total. The van der Waals surface area contributed by atoms with Crippen LogP contribution in [0, 0.1) is 13.8 Å². The first-order valence-electron chi connectivity index (χ1n) is 9.87. The van der Waals surface area contributed by atoms with Crippen LogP contribution in [0.5, 0.6) is 0 Å². The van der Waals surface area contributed by atoms with E-state index in [0.29, 0.717) is 46.3 Å². The van der Waals surface area contributed by atoms with Crippen LogP contribution in [-0.2, 0) is 11.3 Å². The zero-order valence-corrected chi connectivity index (χ0v) is 18.3. The summed E-state index contributed by atoms with van der Waals surface area (Å²) in [6, 6.07) is 12.1. The first kappa shape index (κ1) is 20.7. The maximum Gasteiger partial charge on any atom is 0.350 e. The third kappa shape index (κ3) is 4.77. The van der Waals surface area contributed by atoms with Gasteiger partial charge in [-0.05, 0) is 38.5 Å². The number of hydrogen-bond donors (Lipinski definition) is 2. The Labute approximate surface area is 183 Å².